The van der Waals surface area contributed by atoms with Crippen LogP contribution < -0.4 is 5.32 Å². The third-order valence-corrected chi connectivity index (χ3v) is 3.00. The van der Waals surface area contributed by atoms with Gasteiger partial charge in [-0.15, -0.1) is 0 Å². The summed E-state index contributed by atoms with van der Waals surface area (Å²) < 4.78 is 63.5. The highest BCUT2D eigenvalue weighted by atomic mass is 19.4. The zero-order valence-electron chi connectivity index (χ0n) is 10.8. The predicted octanol–water partition coefficient (Wildman–Crippen LogP) is 4.60. The van der Waals surface area contributed by atoms with E-state index in [1.165, 1.54) is 12.1 Å². The van der Waals surface area contributed by atoms with Gasteiger partial charge in [0.1, 0.15) is 0 Å². The lowest BCUT2D eigenvalue weighted by Gasteiger charge is -2.07. The van der Waals surface area contributed by atoms with Crippen LogP contribution in [0.25, 0.3) is 11.0 Å². The van der Waals surface area contributed by atoms with Crippen LogP contribution >= 0.6 is 0 Å². The van der Waals surface area contributed by atoms with Crippen molar-refractivity contribution in [3.05, 3.63) is 53.6 Å². The fourth-order valence-electron chi connectivity index (χ4n) is 1.94. The number of benzene rings is 2. The van der Waals surface area contributed by atoms with Gasteiger partial charge in [-0.2, -0.15) is 13.2 Å². The molecule has 0 radical (unpaired) electrons. The van der Waals surface area contributed by atoms with Gasteiger partial charge in [0, 0.05) is 17.8 Å². The first kappa shape index (κ1) is 14.3. The van der Waals surface area contributed by atoms with Crippen molar-refractivity contribution in [3.63, 3.8) is 0 Å². The first-order chi connectivity index (χ1) is 10.3. The summed E-state index contributed by atoms with van der Waals surface area (Å²) in [7, 11) is 0. The lowest BCUT2D eigenvalue weighted by molar-refractivity contribution is -0.137. The molecule has 0 amide bonds. The van der Waals surface area contributed by atoms with Crippen LogP contribution in [0.4, 0.5) is 33.6 Å². The van der Waals surface area contributed by atoms with Gasteiger partial charge in [-0.1, -0.05) is 0 Å². The van der Waals surface area contributed by atoms with E-state index in [2.05, 4.69) is 15.3 Å². The highest BCUT2D eigenvalue weighted by Gasteiger charge is 2.29. The van der Waals surface area contributed by atoms with E-state index < -0.39 is 23.4 Å². The van der Waals surface area contributed by atoms with Crippen LogP contribution in [0.1, 0.15) is 5.56 Å². The molecule has 0 unspecified atom stereocenters. The first-order valence-corrected chi connectivity index (χ1v) is 6.12. The van der Waals surface area contributed by atoms with Gasteiger partial charge >= 0.3 is 6.18 Å². The summed E-state index contributed by atoms with van der Waals surface area (Å²) in [5.41, 5.74) is 0.0569. The first-order valence-electron chi connectivity index (χ1n) is 6.12. The standard InChI is InChI=1S/C14H8F5N3/c15-9-5-11-12(6-10(9)16)22-13(21-11)20-8-3-1-7(2-4-8)14(17,18)19/h1-6H,(H2,20,21,22). The van der Waals surface area contributed by atoms with Gasteiger partial charge in [0.25, 0.3) is 0 Å². The Morgan fingerprint density at radius 3 is 2.23 bits per heavy atom. The molecule has 114 valence electrons. The highest BCUT2D eigenvalue weighted by molar-refractivity contribution is 5.78. The second kappa shape index (κ2) is 4.97. The molecule has 3 nitrogen and oxygen atoms in total. The van der Waals surface area contributed by atoms with Crippen molar-refractivity contribution in [3.8, 4) is 0 Å². The molecule has 22 heavy (non-hydrogen) atoms. The lowest BCUT2D eigenvalue weighted by atomic mass is 10.2. The third-order valence-electron chi connectivity index (χ3n) is 3.00. The Morgan fingerprint density at radius 1 is 0.955 bits per heavy atom. The minimum atomic E-state index is -4.41. The molecule has 1 aromatic heterocycles. The number of imidazole rings is 1. The number of hydrogen-bond acceptors (Lipinski definition) is 2. The molecule has 1 heterocycles. The van der Waals surface area contributed by atoms with E-state index in [9.17, 15) is 22.0 Å². The molecule has 0 aliphatic heterocycles. The quantitative estimate of drug-likeness (QED) is 0.679. The molecular formula is C14H8F5N3. The summed E-state index contributed by atoms with van der Waals surface area (Å²) in [5, 5.41) is 2.73. The van der Waals surface area contributed by atoms with Gasteiger partial charge in [-0.05, 0) is 24.3 Å². The van der Waals surface area contributed by atoms with E-state index in [-0.39, 0.29) is 17.0 Å². The number of hydrogen-bond donors (Lipinski definition) is 2. The van der Waals surface area contributed by atoms with Crippen LogP contribution in [0.15, 0.2) is 36.4 Å². The van der Waals surface area contributed by atoms with Crippen molar-refractivity contribution in [2.24, 2.45) is 0 Å². The second-order valence-electron chi connectivity index (χ2n) is 4.57. The molecule has 2 aromatic carbocycles. The van der Waals surface area contributed by atoms with E-state index in [4.69, 9.17) is 0 Å². The van der Waals surface area contributed by atoms with Crippen molar-refractivity contribution >= 4 is 22.7 Å². The number of fused-ring (bicyclic) bond motifs is 1. The SMILES string of the molecule is Fc1cc2nc(Nc3ccc(C(F)(F)F)cc3)[nH]c2cc1F. The van der Waals surface area contributed by atoms with E-state index in [0.29, 0.717) is 5.69 Å². The van der Waals surface area contributed by atoms with Gasteiger partial charge in [-0.3, -0.25) is 0 Å². The van der Waals surface area contributed by atoms with Crippen molar-refractivity contribution < 1.29 is 22.0 Å². The van der Waals surface area contributed by atoms with Gasteiger partial charge in [0.15, 0.2) is 11.6 Å². The minimum absolute atomic E-state index is 0.166. The molecule has 0 aliphatic rings. The third kappa shape index (κ3) is 2.72. The van der Waals surface area contributed by atoms with E-state index in [1.807, 2.05) is 0 Å². The number of rotatable bonds is 2. The van der Waals surface area contributed by atoms with Crippen molar-refractivity contribution in [2.45, 2.75) is 6.18 Å². The number of halogens is 5. The molecule has 0 fully saturated rings. The Bertz CT molecular complexity index is 782. The van der Waals surface area contributed by atoms with E-state index >= 15 is 0 Å². The lowest BCUT2D eigenvalue weighted by Crippen LogP contribution is -2.04. The summed E-state index contributed by atoms with van der Waals surface area (Å²) >= 11 is 0. The topological polar surface area (TPSA) is 40.7 Å². The summed E-state index contributed by atoms with van der Waals surface area (Å²) in [5.74, 6) is -1.88. The van der Waals surface area contributed by atoms with Gasteiger partial charge in [0.05, 0.1) is 16.6 Å². The summed E-state index contributed by atoms with van der Waals surface area (Å²) in [6, 6.07) is 6.19. The monoisotopic (exact) mass is 313 g/mol. The summed E-state index contributed by atoms with van der Waals surface area (Å²) in [6.07, 6.45) is -4.41. The number of alkyl halides is 3. The smallest absolute Gasteiger partial charge is 0.326 e. The van der Waals surface area contributed by atoms with Crippen LogP contribution in [-0.2, 0) is 6.18 Å². The van der Waals surface area contributed by atoms with Gasteiger partial charge in [0.2, 0.25) is 5.95 Å². The predicted molar refractivity (Wildman–Crippen MR) is 70.7 cm³/mol. The Labute approximate surface area is 120 Å². The average molecular weight is 313 g/mol. The number of aromatic nitrogens is 2. The Hall–Kier alpha value is -2.64. The van der Waals surface area contributed by atoms with E-state index in [1.54, 1.807) is 0 Å². The van der Waals surface area contributed by atoms with E-state index in [0.717, 1.165) is 24.3 Å². The summed E-state index contributed by atoms with van der Waals surface area (Å²) in [4.78, 5) is 6.69. The number of nitrogens with one attached hydrogen (secondary N) is 2. The Morgan fingerprint density at radius 2 is 1.59 bits per heavy atom. The van der Waals surface area contributed by atoms with Gasteiger partial charge in [-0.25, -0.2) is 13.8 Å². The second-order valence-corrected chi connectivity index (χ2v) is 4.57. The number of anilines is 2. The zero-order chi connectivity index (χ0) is 15.9. The van der Waals surface area contributed by atoms with Crippen LogP contribution in [0, 0.1) is 11.6 Å². The molecule has 0 saturated heterocycles. The number of H-pyrrole nitrogens is 1. The fraction of sp³-hybridized carbons (Fsp3) is 0.0714. The van der Waals surface area contributed by atoms with Crippen LogP contribution in [0.5, 0.6) is 0 Å². The van der Waals surface area contributed by atoms with Gasteiger partial charge < -0.3 is 10.3 Å². The molecular weight excluding hydrogens is 305 g/mol. The van der Waals surface area contributed by atoms with Crippen LogP contribution in [0.2, 0.25) is 0 Å². The molecule has 0 atom stereocenters. The maximum Gasteiger partial charge on any atom is 0.416 e. The number of nitrogens with zero attached hydrogens (tertiary/aromatic N) is 1. The van der Waals surface area contributed by atoms with Crippen LogP contribution in [0.3, 0.4) is 0 Å². The number of aromatic amines is 1. The Balaban J connectivity index is 1.87. The molecule has 0 saturated carbocycles. The minimum Gasteiger partial charge on any atom is -0.326 e. The highest BCUT2D eigenvalue weighted by Crippen LogP contribution is 2.30. The molecule has 8 heteroatoms. The maximum absolute atomic E-state index is 13.1. The molecule has 0 spiro atoms. The summed E-state index contributed by atoms with van der Waals surface area (Å²) in [6.45, 7) is 0. The zero-order valence-corrected chi connectivity index (χ0v) is 10.8. The Kier molecular flexibility index (Phi) is 3.23. The van der Waals surface area contributed by atoms with Crippen molar-refractivity contribution in [1.29, 1.82) is 0 Å². The maximum atomic E-state index is 13.1. The molecule has 2 N–H and O–H groups in total. The van der Waals surface area contributed by atoms with Crippen molar-refractivity contribution in [2.75, 3.05) is 5.32 Å². The molecule has 0 aliphatic carbocycles. The molecule has 3 rings (SSSR count). The average Bonchev–Trinajstić information content (AvgIpc) is 2.80. The molecule has 0 bridgehead atoms. The largest absolute Gasteiger partial charge is 0.416 e. The normalized spacial score (nSPS) is 11.9. The molecule has 3 aromatic rings. The van der Waals surface area contributed by atoms with Crippen molar-refractivity contribution in [1.82, 2.24) is 9.97 Å². The van der Waals surface area contributed by atoms with Crippen LogP contribution in [-0.4, -0.2) is 9.97 Å². The fourth-order valence-corrected chi connectivity index (χ4v) is 1.94.